The molecule has 16 heavy (non-hydrogen) atoms. The molecule has 1 aliphatic rings. The zero-order valence-electron chi connectivity index (χ0n) is 11.6. The Morgan fingerprint density at radius 2 is 1.69 bits per heavy atom. The first-order chi connectivity index (χ1) is 7.24. The highest BCUT2D eigenvalue weighted by molar-refractivity contribution is 4.92. The molecule has 1 saturated carbocycles. The average Bonchev–Trinajstić information content (AvgIpc) is 1.96. The molecule has 1 unspecified atom stereocenters. The Bertz CT molecular complexity index is 207. The minimum atomic E-state index is 0.285. The lowest BCUT2D eigenvalue weighted by molar-refractivity contribution is 0.0795. The zero-order chi connectivity index (χ0) is 12.4. The van der Waals surface area contributed by atoms with E-state index in [4.69, 9.17) is 5.11 Å². The maximum atomic E-state index is 8.93. The van der Waals surface area contributed by atoms with Gasteiger partial charge in [0, 0.05) is 18.7 Å². The molecule has 1 rings (SSSR count). The molecule has 0 spiro atoms. The van der Waals surface area contributed by atoms with Crippen molar-refractivity contribution in [3.63, 3.8) is 0 Å². The summed E-state index contributed by atoms with van der Waals surface area (Å²) in [6, 6.07) is 1.04. The topological polar surface area (TPSA) is 32.3 Å². The van der Waals surface area contributed by atoms with Crippen LogP contribution >= 0.6 is 0 Å². The number of hydrogen-bond acceptors (Lipinski definition) is 2. The van der Waals surface area contributed by atoms with Crippen molar-refractivity contribution in [2.45, 2.75) is 72.4 Å². The van der Waals surface area contributed by atoms with Crippen LogP contribution in [0.1, 0.15) is 60.3 Å². The average molecular weight is 227 g/mol. The number of hydrogen-bond donors (Lipinski definition) is 2. The van der Waals surface area contributed by atoms with Gasteiger partial charge in [0.15, 0.2) is 0 Å². The van der Waals surface area contributed by atoms with Gasteiger partial charge in [0.1, 0.15) is 0 Å². The van der Waals surface area contributed by atoms with E-state index in [9.17, 15) is 0 Å². The lowest BCUT2D eigenvalue weighted by Crippen LogP contribution is -2.46. The molecule has 0 aliphatic heterocycles. The van der Waals surface area contributed by atoms with Gasteiger partial charge in [-0.15, -0.1) is 0 Å². The van der Waals surface area contributed by atoms with Gasteiger partial charge in [-0.1, -0.05) is 27.7 Å². The first kappa shape index (κ1) is 14.0. The minimum absolute atomic E-state index is 0.285. The molecule has 1 atom stereocenters. The molecule has 0 aromatic rings. The van der Waals surface area contributed by atoms with Crippen LogP contribution in [0, 0.1) is 10.8 Å². The second-order valence-corrected chi connectivity index (χ2v) is 7.19. The van der Waals surface area contributed by atoms with Gasteiger partial charge in [0.05, 0.1) is 0 Å². The monoisotopic (exact) mass is 227 g/mol. The van der Waals surface area contributed by atoms with Crippen LogP contribution in [-0.2, 0) is 0 Å². The summed E-state index contributed by atoms with van der Waals surface area (Å²) < 4.78 is 0. The van der Waals surface area contributed by atoms with Gasteiger partial charge < -0.3 is 10.4 Å². The largest absolute Gasteiger partial charge is 0.396 e. The quantitative estimate of drug-likeness (QED) is 0.774. The number of rotatable bonds is 4. The predicted molar refractivity (Wildman–Crippen MR) is 69.5 cm³/mol. The summed E-state index contributed by atoms with van der Waals surface area (Å²) in [6.45, 7) is 12.0. The second-order valence-electron chi connectivity index (χ2n) is 7.19. The normalized spacial score (nSPS) is 26.6. The third-order valence-corrected chi connectivity index (χ3v) is 3.64. The molecule has 2 heteroatoms. The van der Waals surface area contributed by atoms with Crippen molar-refractivity contribution in [1.82, 2.24) is 5.32 Å². The molecule has 0 aromatic carbocycles. The fourth-order valence-corrected chi connectivity index (χ4v) is 3.64. The van der Waals surface area contributed by atoms with E-state index in [2.05, 4.69) is 39.9 Å². The van der Waals surface area contributed by atoms with Gasteiger partial charge in [0.2, 0.25) is 0 Å². The summed E-state index contributed by atoms with van der Waals surface area (Å²) in [5.74, 6) is 0. The molecule has 2 nitrogen and oxygen atoms in total. The van der Waals surface area contributed by atoms with E-state index >= 15 is 0 Å². The summed E-state index contributed by atoms with van der Waals surface area (Å²) >= 11 is 0. The minimum Gasteiger partial charge on any atom is -0.396 e. The van der Waals surface area contributed by atoms with Crippen LogP contribution < -0.4 is 5.32 Å². The van der Waals surface area contributed by atoms with Crippen molar-refractivity contribution in [3.8, 4) is 0 Å². The number of nitrogens with one attached hydrogen (secondary N) is 1. The van der Waals surface area contributed by atoms with Gasteiger partial charge in [-0.3, -0.25) is 0 Å². The maximum Gasteiger partial charge on any atom is 0.0445 e. The molecule has 0 radical (unpaired) electrons. The van der Waals surface area contributed by atoms with E-state index in [1.54, 1.807) is 0 Å². The lowest BCUT2D eigenvalue weighted by atomic mass is 9.63. The SMILES string of the molecule is CC(CCO)NC1CC(C)(C)CC(C)(C)C1. The molecule has 0 saturated heterocycles. The Labute approximate surface area is 101 Å². The number of aliphatic hydroxyl groups excluding tert-OH is 1. The Morgan fingerprint density at radius 3 is 2.12 bits per heavy atom. The van der Waals surface area contributed by atoms with Crippen LogP contribution in [0.4, 0.5) is 0 Å². The molecular formula is C14H29NO. The Kier molecular flexibility index (Phi) is 4.42. The van der Waals surface area contributed by atoms with Crippen LogP contribution in [0.2, 0.25) is 0 Å². The lowest BCUT2D eigenvalue weighted by Gasteiger charge is -2.46. The van der Waals surface area contributed by atoms with Gasteiger partial charge in [-0.25, -0.2) is 0 Å². The fourth-order valence-electron chi connectivity index (χ4n) is 3.64. The van der Waals surface area contributed by atoms with E-state index in [-0.39, 0.29) is 6.61 Å². The first-order valence-electron chi connectivity index (χ1n) is 6.61. The summed E-state index contributed by atoms with van der Waals surface area (Å²) in [5.41, 5.74) is 0.886. The zero-order valence-corrected chi connectivity index (χ0v) is 11.6. The third kappa shape index (κ3) is 4.42. The molecule has 1 aliphatic carbocycles. The van der Waals surface area contributed by atoms with Crippen molar-refractivity contribution < 1.29 is 5.11 Å². The highest BCUT2D eigenvalue weighted by atomic mass is 16.3. The molecular weight excluding hydrogens is 198 g/mol. The Morgan fingerprint density at radius 1 is 1.19 bits per heavy atom. The fraction of sp³-hybridized carbons (Fsp3) is 1.00. The molecule has 96 valence electrons. The van der Waals surface area contributed by atoms with Gasteiger partial charge >= 0.3 is 0 Å². The van der Waals surface area contributed by atoms with Crippen molar-refractivity contribution >= 4 is 0 Å². The maximum absolute atomic E-state index is 8.93. The second kappa shape index (κ2) is 5.05. The van der Waals surface area contributed by atoms with Crippen molar-refractivity contribution in [3.05, 3.63) is 0 Å². The third-order valence-electron chi connectivity index (χ3n) is 3.64. The van der Waals surface area contributed by atoms with E-state index in [0.29, 0.717) is 22.9 Å². The van der Waals surface area contributed by atoms with Crippen molar-refractivity contribution in [2.75, 3.05) is 6.61 Å². The molecule has 0 heterocycles. The number of aliphatic hydroxyl groups is 1. The van der Waals surface area contributed by atoms with Gasteiger partial charge in [0.25, 0.3) is 0 Å². The summed E-state index contributed by atoms with van der Waals surface area (Å²) in [6.07, 6.45) is 4.68. The Hall–Kier alpha value is -0.0800. The summed E-state index contributed by atoms with van der Waals surface area (Å²) in [4.78, 5) is 0. The van der Waals surface area contributed by atoms with Crippen LogP contribution in [0.3, 0.4) is 0 Å². The smallest absolute Gasteiger partial charge is 0.0445 e. The Balaban J connectivity index is 2.54. The highest BCUT2D eigenvalue weighted by Crippen LogP contribution is 2.45. The molecule has 1 fully saturated rings. The summed E-state index contributed by atoms with van der Waals surface area (Å²) in [5, 5.41) is 12.6. The van der Waals surface area contributed by atoms with E-state index in [0.717, 1.165) is 6.42 Å². The molecule has 0 bridgehead atoms. The molecule has 2 N–H and O–H groups in total. The van der Waals surface area contributed by atoms with E-state index < -0.39 is 0 Å². The standard InChI is InChI=1S/C14H29NO/c1-11(6-7-16)15-12-8-13(2,3)10-14(4,5)9-12/h11-12,15-16H,6-10H2,1-5H3. The van der Waals surface area contributed by atoms with Crippen LogP contribution in [0.5, 0.6) is 0 Å². The van der Waals surface area contributed by atoms with Crippen molar-refractivity contribution in [1.29, 1.82) is 0 Å². The highest BCUT2D eigenvalue weighted by Gasteiger charge is 2.38. The molecule has 0 amide bonds. The van der Waals surface area contributed by atoms with E-state index in [1.807, 2.05) is 0 Å². The van der Waals surface area contributed by atoms with Gasteiger partial charge in [-0.05, 0) is 43.4 Å². The van der Waals surface area contributed by atoms with Crippen LogP contribution in [-0.4, -0.2) is 23.8 Å². The van der Waals surface area contributed by atoms with Gasteiger partial charge in [-0.2, -0.15) is 0 Å². The molecule has 0 aromatic heterocycles. The van der Waals surface area contributed by atoms with Crippen LogP contribution in [0.25, 0.3) is 0 Å². The van der Waals surface area contributed by atoms with Crippen LogP contribution in [0.15, 0.2) is 0 Å². The predicted octanol–water partition coefficient (Wildman–Crippen LogP) is 2.95. The van der Waals surface area contributed by atoms with E-state index in [1.165, 1.54) is 19.3 Å². The van der Waals surface area contributed by atoms with Crippen molar-refractivity contribution in [2.24, 2.45) is 10.8 Å². The first-order valence-corrected chi connectivity index (χ1v) is 6.61. The summed E-state index contributed by atoms with van der Waals surface area (Å²) in [7, 11) is 0.